The van der Waals surface area contributed by atoms with Crippen molar-refractivity contribution in [2.75, 3.05) is 13.2 Å². The first-order valence-electron chi connectivity index (χ1n) is 10.7. The van der Waals surface area contributed by atoms with Gasteiger partial charge in [-0.25, -0.2) is 9.48 Å². The number of hydrogen-bond acceptors (Lipinski definition) is 5. The van der Waals surface area contributed by atoms with E-state index in [-0.39, 0.29) is 23.3 Å². The number of hydrogen-bond donors (Lipinski definition) is 0. The van der Waals surface area contributed by atoms with Crippen LogP contribution in [0.1, 0.15) is 56.6 Å². The lowest BCUT2D eigenvalue weighted by molar-refractivity contribution is 0.0478. The van der Waals surface area contributed by atoms with Gasteiger partial charge in [-0.1, -0.05) is 58.0 Å². The molecule has 31 heavy (non-hydrogen) atoms. The van der Waals surface area contributed by atoms with Crippen LogP contribution in [-0.2, 0) is 16.7 Å². The molecule has 6 heteroatoms. The Kier molecular flexibility index (Phi) is 7.10. The summed E-state index contributed by atoms with van der Waals surface area (Å²) >= 11 is 0. The third-order valence-electron chi connectivity index (χ3n) is 5.01. The van der Waals surface area contributed by atoms with E-state index < -0.39 is 5.97 Å². The monoisotopic (exact) mass is 422 g/mol. The highest BCUT2D eigenvalue weighted by Gasteiger charge is 2.18. The van der Waals surface area contributed by atoms with Gasteiger partial charge in [0.2, 0.25) is 0 Å². The Bertz CT molecular complexity index is 1100. The van der Waals surface area contributed by atoms with E-state index in [4.69, 9.17) is 9.47 Å². The van der Waals surface area contributed by atoms with Gasteiger partial charge in [-0.15, -0.1) is 0 Å². The first kappa shape index (κ1) is 22.5. The van der Waals surface area contributed by atoms with Crippen LogP contribution in [0.3, 0.4) is 0 Å². The Hall–Kier alpha value is -3.15. The molecule has 6 nitrogen and oxygen atoms in total. The minimum absolute atomic E-state index is 0.102. The molecule has 0 aliphatic carbocycles. The van der Waals surface area contributed by atoms with Gasteiger partial charge in [0.05, 0.1) is 18.6 Å². The van der Waals surface area contributed by atoms with Crippen LogP contribution in [0.4, 0.5) is 0 Å². The van der Waals surface area contributed by atoms with Crippen LogP contribution in [-0.4, -0.2) is 29.0 Å². The van der Waals surface area contributed by atoms with Crippen LogP contribution in [0.2, 0.25) is 0 Å². The largest absolute Gasteiger partial charge is 0.493 e. The summed E-state index contributed by atoms with van der Waals surface area (Å²) in [6.45, 7) is 9.56. The molecule has 1 aromatic heterocycles. The SMILES string of the molecule is CCCn1nc(C(=O)OCCCOc2ccc(C(C)(C)C)cc2)c2ccccc2c1=O. The van der Waals surface area contributed by atoms with E-state index in [1.54, 1.807) is 24.3 Å². The zero-order valence-corrected chi connectivity index (χ0v) is 18.7. The Morgan fingerprint density at radius 1 is 1.00 bits per heavy atom. The quantitative estimate of drug-likeness (QED) is 0.388. The standard InChI is InChI=1S/C25H30N2O4/c1-5-15-27-23(28)21-10-7-6-9-20(21)22(26-27)24(29)31-17-8-16-30-19-13-11-18(12-14-19)25(2,3)4/h6-7,9-14H,5,8,15-17H2,1-4H3. The van der Waals surface area contributed by atoms with E-state index in [1.807, 2.05) is 19.1 Å². The average molecular weight is 423 g/mol. The molecule has 3 aromatic rings. The van der Waals surface area contributed by atoms with Crippen molar-refractivity contribution >= 4 is 16.7 Å². The molecule has 0 bridgehead atoms. The first-order chi connectivity index (χ1) is 14.8. The molecule has 0 aliphatic heterocycles. The lowest BCUT2D eigenvalue weighted by Crippen LogP contribution is -2.26. The molecule has 0 fully saturated rings. The van der Waals surface area contributed by atoms with E-state index in [0.29, 0.717) is 30.3 Å². The number of benzene rings is 2. The van der Waals surface area contributed by atoms with E-state index >= 15 is 0 Å². The van der Waals surface area contributed by atoms with Crippen LogP contribution in [0, 0.1) is 0 Å². The molecule has 3 rings (SSSR count). The predicted molar refractivity (Wildman–Crippen MR) is 122 cm³/mol. The fourth-order valence-electron chi connectivity index (χ4n) is 3.28. The molecule has 1 heterocycles. The summed E-state index contributed by atoms with van der Waals surface area (Å²) in [4.78, 5) is 25.2. The van der Waals surface area contributed by atoms with Crippen molar-refractivity contribution in [2.45, 2.75) is 52.5 Å². The fraction of sp³-hybridized carbons (Fsp3) is 0.400. The summed E-state index contributed by atoms with van der Waals surface area (Å²) in [7, 11) is 0. The summed E-state index contributed by atoms with van der Waals surface area (Å²) in [5, 5.41) is 5.25. The summed E-state index contributed by atoms with van der Waals surface area (Å²) < 4.78 is 12.5. The maximum absolute atomic E-state index is 12.7. The summed E-state index contributed by atoms with van der Waals surface area (Å²) in [5.74, 6) is 0.259. The second kappa shape index (κ2) is 9.77. The molecular weight excluding hydrogens is 392 g/mol. The lowest BCUT2D eigenvalue weighted by atomic mass is 9.87. The lowest BCUT2D eigenvalue weighted by Gasteiger charge is -2.19. The summed E-state index contributed by atoms with van der Waals surface area (Å²) in [6.07, 6.45) is 1.30. The van der Waals surface area contributed by atoms with Gasteiger partial charge >= 0.3 is 5.97 Å². The number of esters is 1. The van der Waals surface area contributed by atoms with E-state index in [0.717, 1.165) is 12.2 Å². The van der Waals surface area contributed by atoms with E-state index in [2.05, 4.69) is 38.0 Å². The second-order valence-electron chi connectivity index (χ2n) is 8.53. The average Bonchev–Trinajstić information content (AvgIpc) is 2.75. The van der Waals surface area contributed by atoms with Crippen LogP contribution in [0.15, 0.2) is 53.3 Å². The van der Waals surface area contributed by atoms with Crippen LogP contribution in [0.25, 0.3) is 10.8 Å². The van der Waals surface area contributed by atoms with Gasteiger partial charge in [0.15, 0.2) is 5.69 Å². The maximum atomic E-state index is 12.7. The fourth-order valence-corrected chi connectivity index (χ4v) is 3.28. The molecule has 0 spiro atoms. The maximum Gasteiger partial charge on any atom is 0.359 e. The molecule has 0 saturated heterocycles. The molecule has 0 saturated carbocycles. The second-order valence-corrected chi connectivity index (χ2v) is 8.53. The van der Waals surface area contributed by atoms with Gasteiger partial charge in [0.1, 0.15) is 5.75 Å². The molecule has 0 amide bonds. The minimum atomic E-state index is -0.532. The van der Waals surface area contributed by atoms with E-state index in [9.17, 15) is 9.59 Å². The summed E-state index contributed by atoms with van der Waals surface area (Å²) in [6, 6.07) is 15.0. The molecule has 0 atom stereocenters. The number of aromatic nitrogens is 2. The van der Waals surface area contributed by atoms with Crippen molar-refractivity contribution in [2.24, 2.45) is 0 Å². The van der Waals surface area contributed by atoms with Gasteiger partial charge in [0.25, 0.3) is 5.56 Å². The van der Waals surface area contributed by atoms with E-state index in [1.165, 1.54) is 10.2 Å². The van der Waals surface area contributed by atoms with Gasteiger partial charge in [0, 0.05) is 18.4 Å². The van der Waals surface area contributed by atoms with Gasteiger partial charge in [-0.2, -0.15) is 5.10 Å². The van der Waals surface area contributed by atoms with Crippen molar-refractivity contribution in [3.8, 4) is 5.75 Å². The number of ether oxygens (including phenoxy) is 2. The molecule has 2 aromatic carbocycles. The Morgan fingerprint density at radius 3 is 2.32 bits per heavy atom. The molecular formula is C25H30N2O4. The van der Waals surface area contributed by atoms with Gasteiger partial charge in [-0.3, -0.25) is 4.79 Å². The van der Waals surface area contributed by atoms with Crippen LogP contribution in [0.5, 0.6) is 5.75 Å². The topological polar surface area (TPSA) is 70.4 Å². The van der Waals surface area contributed by atoms with Crippen molar-refractivity contribution in [1.29, 1.82) is 0 Å². The zero-order valence-electron chi connectivity index (χ0n) is 18.7. The number of fused-ring (bicyclic) bond motifs is 1. The van der Waals surface area contributed by atoms with Crippen LogP contribution < -0.4 is 10.3 Å². The predicted octanol–water partition coefficient (Wildman–Crippen LogP) is 4.73. The first-order valence-corrected chi connectivity index (χ1v) is 10.7. The third-order valence-corrected chi connectivity index (χ3v) is 5.01. The molecule has 0 unspecified atom stereocenters. The highest BCUT2D eigenvalue weighted by Crippen LogP contribution is 2.24. The number of carbonyl (C=O) groups excluding carboxylic acids is 1. The Morgan fingerprint density at radius 2 is 1.68 bits per heavy atom. The minimum Gasteiger partial charge on any atom is -0.493 e. The number of aryl methyl sites for hydroxylation is 1. The number of nitrogens with zero attached hydrogens (tertiary/aromatic N) is 2. The molecule has 0 N–H and O–H groups in total. The third kappa shape index (κ3) is 5.51. The Balaban J connectivity index is 1.58. The molecule has 0 aliphatic rings. The Labute approximate surface area is 182 Å². The highest BCUT2D eigenvalue weighted by atomic mass is 16.5. The van der Waals surface area contributed by atoms with Crippen molar-refractivity contribution in [3.05, 3.63) is 70.1 Å². The van der Waals surface area contributed by atoms with Gasteiger partial charge < -0.3 is 9.47 Å². The van der Waals surface area contributed by atoms with Gasteiger partial charge in [-0.05, 0) is 35.6 Å². The molecule has 0 radical (unpaired) electrons. The zero-order chi connectivity index (χ0) is 22.4. The normalized spacial score (nSPS) is 11.5. The van der Waals surface area contributed by atoms with Crippen molar-refractivity contribution in [3.63, 3.8) is 0 Å². The van der Waals surface area contributed by atoms with Crippen molar-refractivity contribution in [1.82, 2.24) is 9.78 Å². The number of rotatable bonds is 8. The highest BCUT2D eigenvalue weighted by molar-refractivity contribution is 6.02. The van der Waals surface area contributed by atoms with Crippen molar-refractivity contribution < 1.29 is 14.3 Å². The van der Waals surface area contributed by atoms with Crippen LogP contribution >= 0.6 is 0 Å². The smallest absolute Gasteiger partial charge is 0.359 e. The number of carbonyl (C=O) groups is 1. The molecule has 164 valence electrons. The summed E-state index contributed by atoms with van der Waals surface area (Å²) in [5.41, 5.74) is 1.32.